The van der Waals surface area contributed by atoms with Gasteiger partial charge in [0.1, 0.15) is 0 Å². The van der Waals surface area contributed by atoms with Gasteiger partial charge in [-0.25, -0.2) is 0 Å². The Morgan fingerprint density at radius 3 is 2.45 bits per heavy atom. The maximum absolute atomic E-state index is 12.1. The van der Waals surface area contributed by atoms with Crippen LogP contribution in [0.2, 0.25) is 0 Å². The molecule has 0 aliphatic heterocycles. The maximum atomic E-state index is 12.1. The first kappa shape index (κ1) is 17.3. The summed E-state index contributed by atoms with van der Waals surface area (Å²) in [6.07, 6.45) is 7.54. The van der Waals surface area contributed by atoms with Crippen LogP contribution in [0.5, 0.6) is 0 Å². The number of carbonyl (C=O) groups is 2. The normalized spacial score (nSPS) is 19.3. The molecule has 5 heteroatoms. The molecule has 4 nitrogen and oxygen atoms in total. The van der Waals surface area contributed by atoms with Gasteiger partial charge in [-0.2, -0.15) is 11.8 Å². The summed E-state index contributed by atoms with van der Waals surface area (Å²) in [6.45, 7) is 2.80. The zero-order valence-corrected chi connectivity index (χ0v) is 13.4. The lowest BCUT2D eigenvalue weighted by Gasteiger charge is -2.35. The molecule has 0 spiro atoms. The highest BCUT2D eigenvalue weighted by Gasteiger charge is 2.36. The number of aliphatic carboxylic acids is 1. The van der Waals surface area contributed by atoms with Crippen LogP contribution in [0.15, 0.2) is 0 Å². The van der Waals surface area contributed by atoms with Crippen molar-refractivity contribution in [3.8, 4) is 0 Å². The predicted molar refractivity (Wildman–Crippen MR) is 82.9 cm³/mol. The van der Waals surface area contributed by atoms with Crippen LogP contribution in [0.1, 0.15) is 51.9 Å². The van der Waals surface area contributed by atoms with Crippen molar-refractivity contribution in [2.75, 3.05) is 18.6 Å². The fraction of sp³-hybridized carbons (Fsp3) is 0.867. The Labute approximate surface area is 126 Å². The van der Waals surface area contributed by atoms with Crippen LogP contribution in [0.4, 0.5) is 0 Å². The number of hydrogen-bond acceptors (Lipinski definition) is 3. The van der Waals surface area contributed by atoms with E-state index in [-0.39, 0.29) is 17.7 Å². The topological polar surface area (TPSA) is 66.4 Å². The molecule has 0 bridgehead atoms. The van der Waals surface area contributed by atoms with E-state index in [2.05, 4.69) is 18.5 Å². The number of thioether (sulfide) groups is 1. The Morgan fingerprint density at radius 2 is 1.90 bits per heavy atom. The molecule has 0 aromatic heterocycles. The maximum Gasteiger partial charge on any atom is 0.303 e. The Kier molecular flexibility index (Phi) is 7.41. The standard InChI is InChI=1S/C15H27NO3S/c1-12(11-20-2)10-16-13(17)8-15(9-14(18)19)6-4-3-5-7-15/h12H,3-11H2,1-2H3,(H,16,17)(H,18,19). The van der Waals surface area contributed by atoms with Crippen molar-refractivity contribution in [2.45, 2.75) is 51.9 Å². The van der Waals surface area contributed by atoms with Gasteiger partial charge in [-0.15, -0.1) is 0 Å². The molecule has 1 atom stereocenters. The van der Waals surface area contributed by atoms with Crippen LogP contribution in [-0.4, -0.2) is 35.5 Å². The zero-order chi connectivity index (χ0) is 15.0. The highest BCUT2D eigenvalue weighted by molar-refractivity contribution is 7.98. The molecule has 2 N–H and O–H groups in total. The van der Waals surface area contributed by atoms with Crippen molar-refractivity contribution >= 4 is 23.6 Å². The van der Waals surface area contributed by atoms with Gasteiger partial charge in [0, 0.05) is 13.0 Å². The van der Waals surface area contributed by atoms with E-state index >= 15 is 0 Å². The molecule has 0 aromatic rings. The zero-order valence-electron chi connectivity index (χ0n) is 12.6. The fourth-order valence-corrected chi connectivity index (χ4v) is 3.76. The summed E-state index contributed by atoms with van der Waals surface area (Å²) in [5.41, 5.74) is -0.309. The SMILES string of the molecule is CSCC(C)CNC(=O)CC1(CC(=O)O)CCCCC1. The molecule has 0 radical (unpaired) electrons. The van der Waals surface area contributed by atoms with Crippen molar-refractivity contribution in [3.63, 3.8) is 0 Å². The minimum atomic E-state index is -0.782. The van der Waals surface area contributed by atoms with Gasteiger partial charge in [-0.3, -0.25) is 9.59 Å². The summed E-state index contributed by atoms with van der Waals surface area (Å²) in [7, 11) is 0. The monoisotopic (exact) mass is 301 g/mol. The van der Waals surface area contributed by atoms with E-state index in [1.165, 1.54) is 0 Å². The first-order chi connectivity index (χ1) is 9.47. The molecule has 1 amide bonds. The summed E-state index contributed by atoms with van der Waals surface area (Å²) in [5.74, 6) is 0.716. The minimum absolute atomic E-state index is 0.0149. The van der Waals surface area contributed by atoms with E-state index in [9.17, 15) is 9.59 Å². The highest BCUT2D eigenvalue weighted by Crippen LogP contribution is 2.42. The molecule has 0 saturated heterocycles. The summed E-state index contributed by atoms with van der Waals surface area (Å²) in [5, 5.41) is 12.1. The van der Waals surface area contributed by atoms with Crippen LogP contribution >= 0.6 is 11.8 Å². The number of rotatable bonds is 8. The van der Waals surface area contributed by atoms with Gasteiger partial charge in [0.05, 0.1) is 6.42 Å². The van der Waals surface area contributed by atoms with E-state index in [1.807, 2.05) is 0 Å². The van der Waals surface area contributed by atoms with Gasteiger partial charge in [-0.05, 0) is 36.2 Å². The molecular formula is C15H27NO3S. The van der Waals surface area contributed by atoms with Gasteiger partial charge in [0.15, 0.2) is 0 Å². The van der Waals surface area contributed by atoms with Crippen LogP contribution in [0, 0.1) is 11.3 Å². The van der Waals surface area contributed by atoms with E-state index < -0.39 is 5.97 Å². The van der Waals surface area contributed by atoms with Crippen molar-refractivity contribution in [1.82, 2.24) is 5.32 Å². The summed E-state index contributed by atoms with van der Waals surface area (Å²) < 4.78 is 0. The van der Waals surface area contributed by atoms with Crippen LogP contribution < -0.4 is 5.32 Å². The molecule has 116 valence electrons. The molecule has 0 aromatic carbocycles. The molecule has 0 heterocycles. The third-order valence-electron chi connectivity index (χ3n) is 4.07. The Bertz CT molecular complexity index is 327. The molecule has 1 fully saturated rings. The number of carbonyl (C=O) groups excluding carboxylic acids is 1. The third kappa shape index (κ3) is 6.16. The first-order valence-corrected chi connectivity index (χ1v) is 8.84. The average molecular weight is 301 g/mol. The highest BCUT2D eigenvalue weighted by atomic mass is 32.2. The average Bonchev–Trinajstić information content (AvgIpc) is 2.36. The number of nitrogens with one attached hydrogen (secondary N) is 1. The van der Waals surface area contributed by atoms with Crippen molar-refractivity contribution in [1.29, 1.82) is 0 Å². The van der Waals surface area contributed by atoms with Gasteiger partial charge >= 0.3 is 5.97 Å². The van der Waals surface area contributed by atoms with Gasteiger partial charge in [0.25, 0.3) is 0 Å². The van der Waals surface area contributed by atoms with E-state index in [1.54, 1.807) is 11.8 Å². The number of carboxylic acids is 1. The molecule has 1 aliphatic carbocycles. The molecule has 1 unspecified atom stereocenters. The van der Waals surface area contributed by atoms with Crippen molar-refractivity contribution in [2.24, 2.45) is 11.3 Å². The molecule has 1 aliphatic rings. The lowest BCUT2D eigenvalue weighted by Crippen LogP contribution is -2.36. The summed E-state index contributed by atoms with van der Waals surface area (Å²) in [4.78, 5) is 23.2. The summed E-state index contributed by atoms with van der Waals surface area (Å²) >= 11 is 1.78. The first-order valence-electron chi connectivity index (χ1n) is 7.45. The van der Waals surface area contributed by atoms with Crippen LogP contribution in [-0.2, 0) is 9.59 Å². The molecule has 1 saturated carbocycles. The van der Waals surface area contributed by atoms with Gasteiger partial charge in [-0.1, -0.05) is 26.2 Å². The molecule has 20 heavy (non-hydrogen) atoms. The largest absolute Gasteiger partial charge is 0.481 e. The van der Waals surface area contributed by atoms with Gasteiger partial charge in [0.2, 0.25) is 5.91 Å². The molecule has 1 rings (SSSR count). The second kappa shape index (κ2) is 8.55. The lowest BCUT2D eigenvalue weighted by molar-refractivity contribution is -0.141. The number of amides is 1. The lowest BCUT2D eigenvalue weighted by atomic mass is 9.69. The molecular weight excluding hydrogens is 274 g/mol. The fourth-order valence-electron chi connectivity index (χ4n) is 3.07. The van der Waals surface area contributed by atoms with E-state index in [4.69, 9.17) is 5.11 Å². The second-order valence-corrected chi connectivity index (χ2v) is 7.08. The Balaban J connectivity index is 2.47. The Hall–Kier alpha value is -0.710. The minimum Gasteiger partial charge on any atom is -0.481 e. The third-order valence-corrected chi connectivity index (χ3v) is 4.98. The smallest absolute Gasteiger partial charge is 0.303 e. The van der Waals surface area contributed by atoms with E-state index in [0.29, 0.717) is 18.9 Å². The quantitative estimate of drug-likeness (QED) is 0.723. The van der Waals surface area contributed by atoms with E-state index in [0.717, 1.165) is 37.9 Å². The van der Waals surface area contributed by atoms with Gasteiger partial charge < -0.3 is 10.4 Å². The Morgan fingerprint density at radius 1 is 1.25 bits per heavy atom. The number of hydrogen-bond donors (Lipinski definition) is 2. The number of carboxylic acid groups (broad SMARTS) is 1. The van der Waals surface area contributed by atoms with Crippen molar-refractivity contribution in [3.05, 3.63) is 0 Å². The second-order valence-electron chi connectivity index (χ2n) is 6.17. The predicted octanol–water partition coefficient (Wildman–Crippen LogP) is 2.92. The summed E-state index contributed by atoms with van der Waals surface area (Å²) in [6, 6.07) is 0. The van der Waals surface area contributed by atoms with Crippen LogP contribution in [0.25, 0.3) is 0 Å². The van der Waals surface area contributed by atoms with Crippen LogP contribution in [0.3, 0.4) is 0 Å². The van der Waals surface area contributed by atoms with Crippen molar-refractivity contribution < 1.29 is 14.7 Å².